The van der Waals surface area contributed by atoms with Crippen LogP contribution in [0.2, 0.25) is 0 Å². The van der Waals surface area contributed by atoms with Crippen molar-refractivity contribution in [3.63, 3.8) is 0 Å². The van der Waals surface area contributed by atoms with E-state index in [9.17, 15) is 9.90 Å². The van der Waals surface area contributed by atoms with E-state index >= 15 is 0 Å². The second kappa shape index (κ2) is 7.37. The van der Waals surface area contributed by atoms with Gasteiger partial charge in [0.05, 0.1) is 0 Å². The van der Waals surface area contributed by atoms with Gasteiger partial charge in [0.15, 0.2) is 11.9 Å². The van der Waals surface area contributed by atoms with Crippen molar-refractivity contribution >= 4 is 5.97 Å². The fraction of sp³-hybridized carbons (Fsp3) is 0.429. The first-order valence-corrected chi connectivity index (χ1v) is 6.89. The third-order valence-corrected chi connectivity index (χ3v) is 3.08. The molecule has 0 spiro atoms. The molecule has 0 aliphatic carbocycles. The van der Waals surface area contributed by atoms with Crippen molar-refractivity contribution < 1.29 is 14.6 Å². The molecule has 1 unspecified atom stereocenters. The van der Waals surface area contributed by atoms with E-state index in [1.807, 2.05) is 37.3 Å². The molecule has 0 radical (unpaired) electrons. The first-order valence-electron chi connectivity index (χ1n) is 6.89. The lowest BCUT2D eigenvalue weighted by atomic mass is 10.1. The summed E-state index contributed by atoms with van der Waals surface area (Å²) in [6.45, 7) is 2.14. The summed E-state index contributed by atoms with van der Waals surface area (Å²) in [6.07, 6.45) is 2.22. The van der Waals surface area contributed by atoms with Crippen LogP contribution >= 0.6 is 0 Å². The SMILES string of the molecule is CCCCC(C(=O)O)n1nnnc1COc1ccccc1. The highest BCUT2D eigenvalue weighted by Gasteiger charge is 2.23. The van der Waals surface area contributed by atoms with Crippen LogP contribution in [0.5, 0.6) is 5.75 Å². The molecule has 1 atom stereocenters. The molecule has 0 fully saturated rings. The molecular weight excluding hydrogens is 272 g/mol. The van der Waals surface area contributed by atoms with E-state index in [4.69, 9.17) is 4.74 Å². The van der Waals surface area contributed by atoms with Crippen LogP contribution in [0.3, 0.4) is 0 Å². The summed E-state index contributed by atoms with van der Waals surface area (Å²) in [5.74, 6) is 0.159. The molecule has 1 aromatic carbocycles. The molecule has 1 N–H and O–H groups in total. The Balaban J connectivity index is 2.07. The quantitative estimate of drug-likeness (QED) is 0.800. The number of aliphatic carboxylic acids is 1. The summed E-state index contributed by atoms with van der Waals surface area (Å²) in [4.78, 5) is 11.4. The minimum atomic E-state index is -0.934. The largest absolute Gasteiger partial charge is 0.486 e. The van der Waals surface area contributed by atoms with Crippen LogP contribution in [0.4, 0.5) is 0 Å². The number of carbonyl (C=O) groups is 1. The average molecular weight is 290 g/mol. The van der Waals surface area contributed by atoms with Gasteiger partial charge in [-0.15, -0.1) is 5.10 Å². The molecule has 2 aromatic rings. The van der Waals surface area contributed by atoms with E-state index in [1.54, 1.807) is 0 Å². The summed E-state index contributed by atoms with van der Waals surface area (Å²) in [5, 5.41) is 20.5. The lowest BCUT2D eigenvalue weighted by Crippen LogP contribution is -2.23. The number of benzene rings is 1. The van der Waals surface area contributed by atoms with E-state index < -0.39 is 12.0 Å². The Kier molecular flexibility index (Phi) is 5.25. The van der Waals surface area contributed by atoms with Crippen LogP contribution in [0.15, 0.2) is 30.3 Å². The Morgan fingerprint density at radius 3 is 2.81 bits per heavy atom. The molecule has 21 heavy (non-hydrogen) atoms. The third-order valence-electron chi connectivity index (χ3n) is 3.08. The molecule has 2 rings (SSSR count). The highest BCUT2D eigenvalue weighted by atomic mass is 16.5. The van der Waals surface area contributed by atoms with Crippen LogP contribution < -0.4 is 4.74 Å². The first-order chi connectivity index (χ1) is 10.2. The zero-order chi connectivity index (χ0) is 15.1. The summed E-state index contributed by atoms with van der Waals surface area (Å²) < 4.78 is 6.90. The van der Waals surface area contributed by atoms with E-state index in [1.165, 1.54) is 4.68 Å². The molecule has 0 aliphatic heterocycles. The molecule has 1 aromatic heterocycles. The highest BCUT2D eigenvalue weighted by molar-refractivity contribution is 5.71. The van der Waals surface area contributed by atoms with Gasteiger partial charge in [-0.05, 0) is 29.0 Å². The molecule has 0 amide bonds. The van der Waals surface area contributed by atoms with Crippen LogP contribution in [-0.2, 0) is 11.4 Å². The number of carboxylic acid groups (broad SMARTS) is 1. The summed E-state index contributed by atoms with van der Waals surface area (Å²) in [5.41, 5.74) is 0. The standard InChI is InChI=1S/C14H18N4O3/c1-2-3-9-12(14(19)20)18-13(15-16-17-18)10-21-11-7-5-4-6-8-11/h4-8,12H,2-3,9-10H2,1H3,(H,19,20). The maximum atomic E-state index is 11.4. The molecule has 1 heterocycles. The molecule has 0 bridgehead atoms. The van der Waals surface area contributed by atoms with Crippen LogP contribution in [-0.4, -0.2) is 31.3 Å². The van der Waals surface area contributed by atoms with Gasteiger partial charge in [-0.3, -0.25) is 0 Å². The van der Waals surface area contributed by atoms with Gasteiger partial charge in [0.2, 0.25) is 0 Å². The van der Waals surface area contributed by atoms with E-state index in [2.05, 4.69) is 15.5 Å². The number of ether oxygens (including phenoxy) is 1. The van der Waals surface area contributed by atoms with Crippen LogP contribution in [0.25, 0.3) is 0 Å². The second-order valence-corrected chi connectivity index (χ2v) is 4.64. The maximum Gasteiger partial charge on any atom is 0.328 e. The number of tetrazole rings is 1. The number of unbranched alkanes of at least 4 members (excludes halogenated alkanes) is 1. The molecule has 112 valence electrons. The van der Waals surface area contributed by atoms with E-state index in [0.717, 1.165) is 12.8 Å². The third kappa shape index (κ3) is 4.01. The van der Waals surface area contributed by atoms with Gasteiger partial charge in [0, 0.05) is 0 Å². The summed E-state index contributed by atoms with van der Waals surface area (Å²) in [6, 6.07) is 8.50. The van der Waals surface area contributed by atoms with Gasteiger partial charge in [-0.25, -0.2) is 9.48 Å². The Bertz CT molecular complexity index is 571. The second-order valence-electron chi connectivity index (χ2n) is 4.64. The number of hydrogen-bond donors (Lipinski definition) is 1. The molecular formula is C14H18N4O3. The van der Waals surface area contributed by atoms with Crippen molar-refractivity contribution in [1.29, 1.82) is 0 Å². The van der Waals surface area contributed by atoms with Gasteiger partial charge in [0.1, 0.15) is 12.4 Å². The number of aromatic nitrogens is 4. The van der Waals surface area contributed by atoms with Crippen molar-refractivity contribution in [3.05, 3.63) is 36.2 Å². The smallest absolute Gasteiger partial charge is 0.328 e. The minimum Gasteiger partial charge on any atom is -0.486 e. The highest BCUT2D eigenvalue weighted by Crippen LogP contribution is 2.17. The van der Waals surface area contributed by atoms with Crippen LogP contribution in [0, 0.1) is 0 Å². The Labute approximate surface area is 122 Å². The predicted octanol–water partition coefficient (Wildman–Crippen LogP) is 2.07. The van der Waals surface area contributed by atoms with Gasteiger partial charge in [0.25, 0.3) is 0 Å². The lowest BCUT2D eigenvalue weighted by Gasteiger charge is -2.13. The molecule has 0 aliphatic rings. The number of para-hydroxylation sites is 1. The average Bonchev–Trinajstić information content (AvgIpc) is 2.94. The number of rotatable bonds is 8. The summed E-state index contributed by atoms with van der Waals surface area (Å²) >= 11 is 0. The van der Waals surface area contributed by atoms with Crippen LogP contribution in [0.1, 0.15) is 38.1 Å². The normalized spacial score (nSPS) is 12.0. The van der Waals surface area contributed by atoms with Crippen molar-refractivity contribution in [2.24, 2.45) is 0 Å². The fourth-order valence-corrected chi connectivity index (χ4v) is 1.96. The van der Waals surface area contributed by atoms with Crippen molar-refractivity contribution in [1.82, 2.24) is 20.2 Å². The lowest BCUT2D eigenvalue weighted by molar-refractivity contribution is -0.141. The number of hydrogen-bond acceptors (Lipinski definition) is 5. The van der Waals surface area contributed by atoms with Crippen molar-refractivity contribution in [2.45, 2.75) is 38.8 Å². The summed E-state index contributed by atoms with van der Waals surface area (Å²) in [7, 11) is 0. The molecule has 7 heteroatoms. The molecule has 0 saturated carbocycles. The van der Waals surface area contributed by atoms with Gasteiger partial charge >= 0.3 is 5.97 Å². The van der Waals surface area contributed by atoms with Crippen molar-refractivity contribution in [3.8, 4) is 5.75 Å². The first kappa shape index (κ1) is 15.0. The molecule has 0 saturated heterocycles. The zero-order valence-electron chi connectivity index (χ0n) is 11.8. The van der Waals surface area contributed by atoms with E-state index in [-0.39, 0.29) is 6.61 Å². The fourth-order valence-electron chi connectivity index (χ4n) is 1.96. The Morgan fingerprint density at radius 2 is 2.14 bits per heavy atom. The maximum absolute atomic E-state index is 11.4. The topological polar surface area (TPSA) is 90.1 Å². The monoisotopic (exact) mass is 290 g/mol. The van der Waals surface area contributed by atoms with Gasteiger partial charge in [-0.2, -0.15) is 0 Å². The van der Waals surface area contributed by atoms with E-state index in [0.29, 0.717) is 18.0 Å². The number of nitrogens with zero attached hydrogens (tertiary/aromatic N) is 4. The Hall–Kier alpha value is -2.44. The van der Waals surface area contributed by atoms with Gasteiger partial charge in [-0.1, -0.05) is 38.0 Å². The zero-order valence-corrected chi connectivity index (χ0v) is 11.8. The van der Waals surface area contributed by atoms with Crippen molar-refractivity contribution in [2.75, 3.05) is 0 Å². The number of carboxylic acids is 1. The predicted molar refractivity (Wildman–Crippen MR) is 74.8 cm³/mol. The Morgan fingerprint density at radius 1 is 1.38 bits per heavy atom. The minimum absolute atomic E-state index is 0.132. The van der Waals surface area contributed by atoms with Gasteiger partial charge < -0.3 is 9.84 Å². The molecule has 7 nitrogen and oxygen atoms in total.